The van der Waals surface area contributed by atoms with E-state index in [-0.39, 0.29) is 12.6 Å². The molecule has 0 spiro atoms. The molecular formula is C17H32N2O5. The van der Waals surface area contributed by atoms with Crippen LogP contribution in [0.25, 0.3) is 0 Å². The standard InChI is InChI=1S/C17H32N2O5/c1-15(2,3)23-13(20)18-12-17(22)8-7-10-19(11-9-17)14(21)24-16(4,5)6/h22H,7-12H2,1-6H3,(H,18,20). The Balaban J connectivity index is 2.51. The van der Waals surface area contributed by atoms with Crippen LogP contribution in [0, 0.1) is 0 Å². The van der Waals surface area contributed by atoms with Gasteiger partial charge in [-0.2, -0.15) is 0 Å². The van der Waals surface area contributed by atoms with Gasteiger partial charge in [0.2, 0.25) is 0 Å². The second-order valence-electron chi connectivity index (χ2n) is 8.40. The first-order chi connectivity index (χ1) is 10.8. The van der Waals surface area contributed by atoms with Crippen molar-refractivity contribution in [3.8, 4) is 0 Å². The predicted octanol–water partition coefficient (Wildman–Crippen LogP) is 2.66. The van der Waals surface area contributed by atoms with Crippen LogP contribution < -0.4 is 5.32 Å². The first-order valence-electron chi connectivity index (χ1n) is 8.47. The number of carbonyl (C=O) groups excluding carboxylic acids is 2. The normalized spacial score (nSPS) is 22.5. The fourth-order valence-corrected chi connectivity index (χ4v) is 2.42. The Morgan fingerprint density at radius 1 is 1.04 bits per heavy atom. The number of nitrogens with one attached hydrogen (secondary N) is 1. The number of amides is 2. The molecule has 1 heterocycles. The van der Waals surface area contributed by atoms with E-state index in [0.29, 0.717) is 32.4 Å². The molecule has 1 rings (SSSR count). The SMILES string of the molecule is CC(C)(C)OC(=O)NCC1(O)CCCN(C(=O)OC(C)(C)C)CC1. The maximum absolute atomic E-state index is 12.1. The first-order valence-corrected chi connectivity index (χ1v) is 8.47. The number of nitrogens with zero attached hydrogens (tertiary/aromatic N) is 1. The second kappa shape index (κ2) is 7.59. The van der Waals surface area contributed by atoms with Crippen LogP contribution in [0.2, 0.25) is 0 Å². The fourth-order valence-electron chi connectivity index (χ4n) is 2.42. The molecule has 0 aliphatic carbocycles. The van der Waals surface area contributed by atoms with Crippen molar-refractivity contribution in [1.29, 1.82) is 0 Å². The van der Waals surface area contributed by atoms with E-state index in [1.54, 1.807) is 25.7 Å². The lowest BCUT2D eigenvalue weighted by molar-refractivity contribution is 0.00957. The van der Waals surface area contributed by atoms with Gasteiger partial charge in [-0.1, -0.05) is 0 Å². The van der Waals surface area contributed by atoms with E-state index in [4.69, 9.17) is 9.47 Å². The monoisotopic (exact) mass is 344 g/mol. The molecule has 0 radical (unpaired) electrons. The zero-order chi connectivity index (χ0) is 18.6. The van der Waals surface area contributed by atoms with E-state index >= 15 is 0 Å². The van der Waals surface area contributed by atoms with Crippen LogP contribution in [0.4, 0.5) is 9.59 Å². The van der Waals surface area contributed by atoms with Gasteiger partial charge in [-0.15, -0.1) is 0 Å². The molecule has 2 N–H and O–H groups in total. The molecule has 0 bridgehead atoms. The van der Waals surface area contributed by atoms with Gasteiger partial charge in [0, 0.05) is 19.6 Å². The molecule has 0 saturated carbocycles. The first kappa shape index (κ1) is 20.5. The van der Waals surface area contributed by atoms with Gasteiger partial charge in [0.15, 0.2) is 0 Å². The van der Waals surface area contributed by atoms with Gasteiger partial charge in [-0.05, 0) is 60.8 Å². The molecular weight excluding hydrogens is 312 g/mol. The molecule has 1 aliphatic rings. The topological polar surface area (TPSA) is 88.1 Å². The van der Waals surface area contributed by atoms with Gasteiger partial charge in [0.05, 0.1) is 5.60 Å². The third-order valence-corrected chi connectivity index (χ3v) is 3.53. The lowest BCUT2D eigenvalue weighted by atomic mass is 9.95. The summed E-state index contributed by atoms with van der Waals surface area (Å²) in [6.45, 7) is 11.8. The van der Waals surface area contributed by atoms with Crippen molar-refractivity contribution >= 4 is 12.2 Å². The van der Waals surface area contributed by atoms with Crippen molar-refractivity contribution in [1.82, 2.24) is 10.2 Å². The second-order valence-corrected chi connectivity index (χ2v) is 8.40. The van der Waals surface area contributed by atoms with Gasteiger partial charge in [-0.3, -0.25) is 0 Å². The van der Waals surface area contributed by atoms with Gasteiger partial charge >= 0.3 is 12.2 Å². The number of hydrogen-bond donors (Lipinski definition) is 2. The Bertz CT molecular complexity index is 453. The van der Waals surface area contributed by atoms with Crippen molar-refractivity contribution in [2.24, 2.45) is 0 Å². The molecule has 1 unspecified atom stereocenters. The van der Waals surface area contributed by atoms with Crippen LogP contribution in [-0.2, 0) is 9.47 Å². The summed E-state index contributed by atoms with van der Waals surface area (Å²) >= 11 is 0. The number of rotatable bonds is 2. The predicted molar refractivity (Wildman–Crippen MR) is 90.8 cm³/mol. The average molecular weight is 344 g/mol. The molecule has 1 saturated heterocycles. The summed E-state index contributed by atoms with van der Waals surface area (Å²) in [4.78, 5) is 25.5. The molecule has 0 aromatic heterocycles. The fraction of sp³-hybridized carbons (Fsp3) is 0.882. The summed E-state index contributed by atoms with van der Waals surface area (Å²) in [6, 6.07) is 0. The van der Waals surface area contributed by atoms with Gasteiger partial charge < -0.3 is 24.8 Å². The highest BCUT2D eigenvalue weighted by atomic mass is 16.6. The lowest BCUT2D eigenvalue weighted by Crippen LogP contribution is -2.45. The minimum atomic E-state index is -1.05. The largest absolute Gasteiger partial charge is 0.444 e. The summed E-state index contributed by atoms with van der Waals surface area (Å²) in [5.74, 6) is 0. The molecule has 0 aromatic rings. The maximum Gasteiger partial charge on any atom is 0.410 e. The van der Waals surface area contributed by atoms with Crippen molar-refractivity contribution in [2.45, 2.75) is 77.6 Å². The highest BCUT2D eigenvalue weighted by molar-refractivity contribution is 5.68. The van der Waals surface area contributed by atoms with E-state index in [1.165, 1.54) is 0 Å². The summed E-state index contributed by atoms with van der Waals surface area (Å²) in [5, 5.41) is 13.3. The summed E-state index contributed by atoms with van der Waals surface area (Å²) < 4.78 is 10.5. The van der Waals surface area contributed by atoms with E-state index in [9.17, 15) is 14.7 Å². The van der Waals surface area contributed by atoms with E-state index in [2.05, 4.69) is 5.32 Å². The molecule has 1 aliphatic heterocycles. The van der Waals surface area contributed by atoms with Crippen molar-refractivity contribution in [3.63, 3.8) is 0 Å². The van der Waals surface area contributed by atoms with E-state index in [1.807, 2.05) is 20.8 Å². The molecule has 24 heavy (non-hydrogen) atoms. The van der Waals surface area contributed by atoms with Crippen LogP contribution >= 0.6 is 0 Å². The molecule has 7 nitrogen and oxygen atoms in total. The third kappa shape index (κ3) is 7.86. The molecule has 0 aromatic carbocycles. The number of hydrogen-bond acceptors (Lipinski definition) is 5. The van der Waals surface area contributed by atoms with Crippen LogP contribution in [-0.4, -0.2) is 58.6 Å². The molecule has 140 valence electrons. The minimum Gasteiger partial charge on any atom is -0.444 e. The number of alkyl carbamates (subject to hydrolysis) is 1. The molecule has 1 fully saturated rings. The van der Waals surface area contributed by atoms with Gasteiger partial charge in [0.1, 0.15) is 11.2 Å². The zero-order valence-electron chi connectivity index (χ0n) is 15.8. The number of ether oxygens (including phenoxy) is 2. The highest BCUT2D eigenvalue weighted by Gasteiger charge is 2.33. The van der Waals surface area contributed by atoms with Gasteiger partial charge in [0.25, 0.3) is 0 Å². The smallest absolute Gasteiger partial charge is 0.410 e. The average Bonchev–Trinajstić information content (AvgIpc) is 2.55. The number of carbonyl (C=O) groups is 2. The van der Waals surface area contributed by atoms with E-state index in [0.717, 1.165) is 0 Å². The van der Waals surface area contributed by atoms with E-state index < -0.39 is 22.9 Å². The lowest BCUT2D eigenvalue weighted by Gasteiger charge is -2.29. The Labute approximate surface area is 144 Å². The number of likely N-dealkylation sites (tertiary alicyclic amines) is 1. The molecule has 2 amide bonds. The Morgan fingerprint density at radius 2 is 1.62 bits per heavy atom. The minimum absolute atomic E-state index is 0.101. The number of aliphatic hydroxyl groups is 1. The summed E-state index contributed by atoms with van der Waals surface area (Å²) in [6.07, 6.45) is 0.603. The van der Waals surface area contributed by atoms with Crippen LogP contribution in [0.5, 0.6) is 0 Å². The maximum atomic E-state index is 12.1. The summed E-state index contributed by atoms with van der Waals surface area (Å²) in [7, 11) is 0. The Morgan fingerprint density at radius 3 is 2.17 bits per heavy atom. The Kier molecular flexibility index (Phi) is 6.50. The zero-order valence-corrected chi connectivity index (χ0v) is 15.8. The van der Waals surface area contributed by atoms with Crippen LogP contribution in [0.1, 0.15) is 60.8 Å². The van der Waals surface area contributed by atoms with Crippen LogP contribution in [0.15, 0.2) is 0 Å². The van der Waals surface area contributed by atoms with Crippen molar-refractivity contribution in [3.05, 3.63) is 0 Å². The van der Waals surface area contributed by atoms with Crippen molar-refractivity contribution in [2.75, 3.05) is 19.6 Å². The molecule has 1 atom stereocenters. The summed E-state index contributed by atoms with van der Waals surface area (Å²) in [5.41, 5.74) is -2.17. The van der Waals surface area contributed by atoms with Gasteiger partial charge in [-0.25, -0.2) is 9.59 Å². The quantitative estimate of drug-likeness (QED) is 0.804. The Hall–Kier alpha value is -1.50. The molecule has 7 heteroatoms. The van der Waals surface area contributed by atoms with Crippen LogP contribution in [0.3, 0.4) is 0 Å². The third-order valence-electron chi connectivity index (χ3n) is 3.53. The highest BCUT2D eigenvalue weighted by Crippen LogP contribution is 2.23. The van der Waals surface area contributed by atoms with Crippen molar-refractivity contribution < 1.29 is 24.2 Å².